The summed E-state index contributed by atoms with van der Waals surface area (Å²) in [6.45, 7) is 4.00. The van der Waals surface area contributed by atoms with Crippen LogP contribution in [0.4, 0.5) is 5.00 Å². The van der Waals surface area contributed by atoms with Crippen LogP contribution in [0.3, 0.4) is 0 Å². The molecule has 0 radical (unpaired) electrons. The number of halogens is 1. The third kappa shape index (κ3) is 3.83. The number of thiophene rings is 1. The van der Waals surface area contributed by atoms with Crippen molar-refractivity contribution in [3.63, 3.8) is 0 Å². The number of benzene rings is 1. The average Bonchev–Trinajstić information content (AvgIpc) is 2.91. The van der Waals surface area contributed by atoms with Crippen LogP contribution in [0.2, 0.25) is 5.02 Å². The van der Waals surface area contributed by atoms with Crippen molar-refractivity contribution in [1.29, 1.82) is 0 Å². The lowest BCUT2D eigenvalue weighted by Crippen LogP contribution is -2.17. The molecule has 0 saturated heterocycles. The molecule has 2 aromatic rings. The molecule has 0 fully saturated rings. The van der Waals surface area contributed by atoms with Crippen LogP contribution in [-0.2, 0) is 0 Å². The number of primary amides is 1. The van der Waals surface area contributed by atoms with E-state index in [1.807, 2.05) is 13.8 Å². The van der Waals surface area contributed by atoms with Crippen molar-refractivity contribution in [3.8, 4) is 5.75 Å². The van der Waals surface area contributed by atoms with Gasteiger partial charge in [0.2, 0.25) is 0 Å². The Hall–Kier alpha value is -2.05. The van der Waals surface area contributed by atoms with Gasteiger partial charge in [-0.1, -0.05) is 25.4 Å². The summed E-state index contributed by atoms with van der Waals surface area (Å²) in [7, 11) is 1.47. The fraction of sp³-hybridized carbons (Fsp3) is 0.250. The van der Waals surface area contributed by atoms with Gasteiger partial charge in [-0.25, -0.2) is 0 Å². The van der Waals surface area contributed by atoms with Gasteiger partial charge in [-0.15, -0.1) is 11.3 Å². The van der Waals surface area contributed by atoms with E-state index in [2.05, 4.69) is 5.32 Å². The first-order valence-corrected chi connectivity index (χ1v) is 8.11. The van der Waals surface area contributed by atoms with Gasteiger partial charge in [-0.05, 0) is 30.2 Å². The van der Waals surface area contributed by atoms with Crippen LogP contribution in [0.5, 0.6) is 5.75 Å². The monoisotopic (exact) mass is 352 g/mol. The van der Waals surface area contributed by atoms with E-state index in [9.17, 15) is 9.59 Å². The smallest absolute Gasteiger partial charge is 0.260 e. The van der Waals surface area contributed by atoms with Crippen molar-refractivity contribution in [3.05, 3.63) is 45.3 Å². The molecule has 0 aliphatic carbocycles. The Morgan fingerprint density at radius 3 is 2.52 bits per heavy atom. The SMILES string of the molecule is COc1ccc(Cl)cc1C(=O)Nc1sc(C(C)C)cc1C(N)=O. The second kappa shape index (κ2) is 7.02. The van der Waals surface area contributed by atoms with Crippen molar-refractivity contribution in [1.82, 2.24) is 0 Å². The van der Waals surface area contributed by atoms with Gasteiger partial charge in [0.1, 0.15) is 10.8 Å². The van der Waals surface area contributed by atoms with Gasteiger partial charge in [-0.2, -0.15) is 0 Å². The lowest BCUT2D eigenvalue weighted by Gasteiger charge is -2.09. The van der Waals surface area contributed by atoms with E-state index in [4.69, 9.17) is 22.1 Å². The molecule has 7 heteroatoms. The van der Waals surface area contributed by atoms with E-state index in [0.29, 0.717) is 21.3 Å². The average molecular weight is 353 g/mol. The zero-order chi connectivity index (χ0) is 17.1. The van der Waals surface area contributed by atoms with Crippen LogP contribution in [0.25, 0.3) is 0 Å². The molecule has 0 atom stereocenters. The number of hydrogen-bond acceptors (Lipinski definition) is 4. The fourth-order valence-corrected chi connectivity index (χ4v) is 3.23. The molecule has 1 heterocycles. The van der Waals surface area contributed by atoms with Gasteiger partial charge in [0, 0.05) is 9.90 Å². The van der Waals surface area contributed by atoms with Crippen molar-refractivity contribution in [2.75, 3.05) is 12.4 Å². The summed E-state index contributed by atoms with van der Waals surface area (Å²) >= 11 is 7.27. The maximum atomic E-state index is 12.5. The Bertz CT molecular complexity index is 756. The summed E-state index contributed by atoms with van der Waals surface area (Å²) in [5.41, 5.74) is 5.98. The van der Waals surface area contributed by atoms with Crippen molar-refractivity contribution < 1.29 is 14.3 Å². The van der Waals surface area contributed by atoms with Crippen LogP contribution in [0, 0.1) is 0 Å². The summed E-state index contributed by atoms with van der Waals surface area (Å²) in [6, 6.07) is 6.47. The first kappa shape index (κ1) is 17.3. The molecule has 0 spiro atoms. The normalized spacial score (nSPS) is 10.7. The van der Waals surface area contributed by atoms with Crippen LogP contribution in [-0.4, -0.2) is 18.9 Å². The van der Waals surface area contributed by atoms with Gasteiger partial charge in [-0.3, -0.25) is 9.59 Å². The number of amides is 2. The highest BCUT2D eigenvalue weighted by molar-refractivity contribution is 7.16. The minimum atomic E-state index is -0.582. The second-order valence-corrected chi connectivity index (χ2v) is 6.73. The first-order valence-electron chi connectivity index (χ1n) is 6.92. The number of nitrogens with one attached hydrogen (secondary N) is 1. The Morgan fingerprint density at radius 2 is 1.96 bits per heavy atom. The van der Waals surface area contributed by atoms with E-state index in [1.165, 1.54) is 24.5 Å². The lowest BCUT2D eigenvalue weighted by atomic mass is 10.1. The van der Waals surface area contributed by atoms with Gasteiger partial charge in [0.25, 0.3) is 11.8 Å². The summed E-state index contributed by atoms with van der Waals surface area (Å²) < 4.78 is 5.17. The number of carbonyl (C=O) groups excluding carboxylic acids is 2. The number of carbonyl (C=O) groups is 2. The molecular formula is C16H17ClN2O3S. The van der Waals surface area contributed by atoms with E-state index in [1.54, 1.807) is 18.2 Å². The summed E-state index contributed by atoms with van der Waals surface area (Å²) in [4.78, 5) is 25.1. The minimum Gasteiger partial charge on any atom is -0.496 e. The summed E-state index contributed by atoms with van der Waals surface area (Å²) in [5.74, 6) is -0.372. The molecule has 1 aromatic carbocycles. The predicted molar refractivity (Wildman–Crippen MR) is 92.9 cm³/mol. The first-order chi connectivity index (χ1) is 10.8. The molecule has 0 bridgehead atoms. The van der Waals surface area contributed by atoms with Gasteiger partial charge in [0.15, 0.2) is 0 Å². The minimum absolute atomic E-state index is 0.226. The summed E-state index contributed by atoms with van der Waals surface area (Å²) in [5, 5.41) is 3.57. The van der Waals surface area contributed by atoms with Crippen molar-refractivity contribution >= 4 is 39.8 Å². The quantitative estimate of drug-likeness (QED) is 0.856. The fourth-order valence-electron chi connectivity index (χ4n) is 2.00. The van der Waals surface area contributed by atoms with Crippen LogP contribution in [0.15, 0.2) is 24.3 Å². The number of anilines is 1. The zero-order valence-corrected chi connectivity index (χ0v) is 14.5. The molecule has 2 amide bonds. The Kier molecular flexibility index (Phi) is 5.28. The standard InChI is InChI=1S/C16H17ClN2O3S/c1-8(2)13-7-11(14(18)20)16(23-13)19-15(21)10-6-9(17)4-5-12(10)22-3/h4-8H,1-3H3,(H2,18,20)(H,19,21). The van der Waals surface area contributed by atoms with E-state index < -0.39 is 11.8 Å². The predicted octanol–water partition coefficient (Wildman–Crippen LogP) is 3.88. The zero-order valence-electron chi connectivity index (χ0n) is 13.0. The highest BCUT2D eigenvalue weighted by atomic mass is 35.5. The van der Waals surface area contributed by atoms with E-state index in [-0.39, 0.29) is 11.5 Å². The molecule has 0 unspecified atom stereocenters. The molecule has 0 aliphatic rings. The number of methoxy groups -OCH3 is 1. The molecule has 0 saturated carbocycles. The number of rotatable bonds is 5. The lowest BCUT2D eigenvalue weighted by molar-refractivity contribution is 0.100. The third-order valence-corrected chi connectivity index (χ3v) is 4.80. The van der Waals surface area contributed by atoms with E-state index in [0.717, 1.165) is 4.88 Å². The molecular weight excluding hydrogens is 336 g/mol. The molecule has 3 N–H and O–H groups in total. The molecule has 122 valence electrons. The van der Waals surface area contributed by atoms with Crippen LogP contribution < -0.4 is 15.8 Å². The largest absolute Gasteiger partial charge is 0.496 e. The van der Waals surface area contributed by atoms with Crippen molar-refractivity contribution in [2.45, 2.75) is 19.8 Å². The number of nitrogens with two attached hydrogens (primary N) is 1. The molecule has 2 rings (SSSR count). The topological polar surface area (TPSA) is 81.4 Å². The highest BCUT2D eigenvalue weighted by Crippen LogP contribution is 2.33. The molecule has 1 aromatic heterocycles. The van der Waals surface area contributed by atoms with E-state index >= 15 is 0 Å². The molecule has 5 nitrogen and oxygen atoms in total. The number of hydrogen-bond donors (Lipinski definition) is 2. The Balaban J connectivity index is 2.37. The van der Waals surface area contributed by atoms with Crippen LogP contribution in [0.1, 0.15) is 45.4 Å². The molecule has 0 aliphatic heterocycles. The maximum absolute atomic E-state index is 12.5. The third-order valence-electron chi connectivity index (χ3n) is 3.22. The van der Waals surface area contributed by atoms with Crippen molar-refractivity contribution in [2.24, 2.45) is 5.73 Å². The van der Waals surface area contributed by atoms with Gasteiger partial charge < -0.3 is 15.8 Å². The summed E-state index contributed by atoms with van der Waals surface area (Å²) in [6.07, 6.45) is 0. The molecule has 23 heavy (non-hydrogen) atoms. The highest BCUT2D eigenvalue weighted by Gasteiger charge is 2.20. The number of ether oxygens (including phenoxy) is 1. The Morgan fingerprint density at radius 1 is 1.26 bits per heavy atom. The second-order valence-electron chi connectivity index (χ2n) is 5.21. The van der Waals surface area contributed by atoms with Crippen LogP contribution >= 0.6 is 22.9 Å². The van der Waals surface area contributed by atoms with Gasteiger partial charge in [0.05, 0.1) is 18.2 Å². The van der Waals surface area contributed by atoms with Gasteiger partial charge >= 0.3 is 0 Å². The Labute approximate surface area is 143 Å². The maximum Gasteiger partial charge on any atom is 0.260 e.